The molecule has 0 spiro atoms. The van der Waals surface area contributed by atoms with Crippen molar-refractivity contribution in [2.45, 2.75) is 43.5 Å². The molecule has 0 saturated carbocycles. The maximum Gasteiger partial charge on any atom is 0.243 e. The third kappa shape index (κ3) is 4.68. The van der Waals surface area contributed by atoms with E-state index in [0.717, 1.165) is 12.8 Å². The fourth-order valence-corrected chi connectivity index (χ4v) is 5.25. The lowest BCUT2D eigenvalue weighted by Gasteiger charge is -2.34. The first-order chi connectivity index (χ1) is 12.9. The van der Waals surface area contributed by atoms with E-state index in [4.69, 9.17) is 0 Å². The van der Waals surface area contributed by atoms with E-state index >= 15 is 0 Å². The minimum atomic E-state index is -3.49. The Hall–Kier alpha value is -1.93. The number of nitrogens with zero attached hydrogens (tertiary/aromatic N) is 2. The van der Waals surface area contributed by atoms with E-state index in [2.05, 4.69) is 5.32 Å². The molecule has 148 valence electrons. The lowest BCUT2D eigenvalue weighted by Crippen LogP contribution is -2.49. The summed E-state index contributed by atoms with van der Waals surface area (Å²) in [7, 11) is -3.49. The van der Waals surface area contributed by atoms with Crippen LogP contribution < -0.4 is 5.32 Å². The van der Waals surface area contributed by atoms with E-state index in [9.17, 15) is 18.0 Å². The highest BCUT2D eigenvalue weighted by Gasteiger charge is 2.33. The van der Waals surface area contributed by atoms with E-state index in [1.165, 1.54) is 4.31 Å². The van der Waals surface area contributed by atoms with Crippen LogP contribution in [0.15, 0.2) is 35.2 Å². The second kappa shape index (κ2) is 8.39. The highest BCUT2D eigenvalue weighted by Crippen LogP contribution is 2.24. The molecule has 2 aliphatic heterocycles. The van der Waals surface area contributed by atoms with Crippen LogP contribution in [0, 0.1) is 5.92 Å². The first-order valence-corrected chi connectivity index (χ1v) is 10.9. The van der Waals surface area contributed by atoms with Crippen molar-refractivity contribution in [3.8, 4) is 0 Å². The molecule has 1 aromatic carbocycles. The van der Waals surface area contributed by atoms with E-state index in [0.29, 0.717) is 43.9 Å². The van der Waals surface area contributed by atoms with Gasteiger partial charge in [-0.1, -0.05) is 18.2 Å². The number of amides is 2. The molecule has 8 heteroatoms. The van der Waals surface area contributed by atoms with Crippen molar-refractivity contribution in [1.29, 1.82) is 0 Å². The maximum atomic E-state index is 12.7. The number of benzene rings is 1. The van der Waals surface area contributed by atoms with Gasteiger partial charge in [0.2, 0.25) is 21.8 Å². The number of sulfonamides is 1. The molecule has 0 radical (unpaired) electrons. The number of likely N-dealkylation sites (tertiary alicyclic amines) is 1. The van der Waals surface area contributed by atoms with Crippen LogP contribution in [0.3, 0.4) is 0 Å². The summed E-state index contributed by atoms with van der Waals surface area (Å²) in [6, 6.07) is 8.51. The van der Waals surface area contributed by atoms with E-state index in [1.807, 2.05) is 0 Å². The van der Waals surface area contributed by atoms with Crippen molar-refractivity contribution in [3.63, 3.8) is 0 Å². The molecule has 1 N–H and O–H groups in total. The van der Waals surface area contributed by atoms with Crippen molar-refractivity contribution >= 4 is 21.8 Å². The fourth-order valence-electron chi connectivity index (χ4n) is 3.76. The van der Waals surface area contributed by atoms with Crippen LogP contribution in [-0.4, -0.2) is 61.7 Å². The third-order valence-electron chi connectivity index (χ3n) is 5.49. The van der Waals surface area contributed by atoms with Gasteiger partial charge < -0.3 is 10.2 Å². The summed E-state index contributed by atoms with van der Waals surface area (Å²) in [6.45, 7) is 3.63. The van der Waals surface area contributed by atoms with Gasteiger partial charge >= 0.3 is 0 Å². The van der Waals surface area contributed by atoms with Gasteiger partial charge in [0.25, 0.3) is 0 Å². The molecule has 2 amide bonds. The molecule has 0 unspecified atom stereocenters. The number of nitrogens with one attached hydrogen (secondary N) is 1. The lowest BCUT2D eigenvalue weighted by molar-refractivity contribution is -0.130. The smallest absolute Gasteiger partial charge is 0.243 e. The monoisotopic (exact) mass is 393 g/mol. The summed E-state index contributed by atoms with van der Waals surface area (Å²) in [5, 5.41) is 3.09. The molecule has 0 bridgehead atoms. The van der Waals surface area contributed by atoms with Gasteiger partial charge in [0, 0.05) is 45.1 Å². The van der Waals surface area contributed by atoms with Crippen molar-refractivity contribution in [3.05, 3.63) is 30.3 Å². The lowest BCUT2D eigenvalue weighted by atomic mass is 9.96. The Labute approximate surface area is 160 Å². The van der Waals surface area contributed by atoms with E-state index in [-0.39, 0.29) is 23.8 Å². The zero-order valence-electron chi connectivity index (χ0n) is 15.6. The highest BCUT2D eigenvalue weighted by atomic mass is 32.2. The fraction of sp³-hybridized carbons (Fsp3) is 0.579. The normalized spacial score (nSPS) is 20.4. The van der Waals surface area contributed by atoms with Crippen molar-refractivity contribution in [1.82, 2.24) is 14.5 Å². The SMILES string of the molecule is CC(=O)N1CCC(NC(=O)C2CCN(S(=O)(=O)c3ccccc3)CC2)CC1. The molecule has 0 aromatic heterocycles. The van der Waals surface area contributed by atoms with Crippen molar-refractivity contribution < 1.29 is 18.0 Å². The largest absolute Gasteiger partial charge is 0.353 e. The van der Waals surface area contributed by atoms with Crippen molar-refractivity contribution in [2.75, 3.05) is 26.2 Å². The van der Waals surface area contributed by atoms with Crippen LogP contribution in [0.2, 0.25) is 0 Å². The molecule has 7 nitrogen and oxygen atoms in total. The number of rotatable bonds is 4. The second-order valence-corrected chi connectivity index (χ2v) is 9.22. The van der Waals surface area contributed by atoms with Gasteiger partial charge in [-0.3, -0.25) is 9.59 Å². The molecule has 2 saturated heterocycles. The number of hydrogen-bond acceptors (Lipinski definition) is 4. The van der Waals surface area contributed by atoms with Crippen LogP contribution >= 0.6 is 0 Å². The van der Waals surface area contributed by atoms with Gasteiger partial charge in [0.15, 0.2) is 0 Å². The maximum absolute atomic E-state index is 12.7. The van der Waals surface area contributed by atoms with Gasteiger partial charge in [-0.15, -0.1) is 0 Å². The molecule has 2 aliphatic rings. The Morgan fingerprint density at radius 1 is 0.963 bits per heavy atom. The predicted octanol–water partition coefficient (Wildman–Crippen LogP) is 1.21. The topological polar surface area (TPSA) is 86.8 Å². The standard InChI is InChI=1S/C19H27N3O4S/c1-15(23)21-11-9-17(10-12-21)20-19(24)16-7-13-22(14-8-16)27(25,26)18-5-3-2-4-6-18/h2-6,16-17H,7-14H2,1H3,(H,20,24). The van der Waals surface area contributed by atoms with Crippen LogP contribution in [0.5, 0.6) is 0 Å². The molecule has 27 heavy (non-hydrogen) atoms. The van der Waals surface area contributed by atoms with Crippen LogP contribution in [0.1, 0.15) is 32.6 Å². The number of carbonyl (C=O) groups excluding carboxylic acids is 2. The number of piperidine rings is 2. The number of carbonyl (C=O) groups is 2. The summed E-state index contributed by atoms with van der Waals surface area (Å²) in [5.74, 6) is -0.0714. The van der Waals surface area contributed by atoms with Gasteiger partial charge in [-0.05, 0) is 37.8 Å². The minimum Gasteiger partial charge on any atom is -0.353 e. The molecule has 2 fully saturated rings. The Balaban J connectivity index is 1.49. The van der Waals surface area contributed by atoms with Gasteiger partial charge in [-0.2, -0.15) is 4.31 Å². The molecular formula is C19H27N3O4S. The number of hydrogen-bond donors (Lipinski definition) is 1. The predicted molar refractivity (Wildman–Crippen MR) is 101 cm³/mol. The van der Waals surface area contributed by atoms with E-state index < -0.39 is 10.0 Å². The van der Waals surface area contributed by atoms with E-state index in [1.54, 1.807) is 42.2 Å². The average Bonchev–Trinajstić information content (AvgIpc) is 2.69. The van der Waals surface area contributed by atoms with Crippen LogP contribution in [0.4, 0.5) is 0 Å². The third-order valence-corrected chi connectivity index (χ3v) is 7.41. The summed E-state index contributed by atoms with van der Waals surface area (Å²) in [4.78, 5) is 26.0. The van der Waals surface area contributed by atoms with Gasteiger partial charge in [0.1, 0.15) is 0 Å². The Morgan fingerprint density at radius 3 is 2.11 bits per heavy atom. The molecule has 2 heterocycles. The zero-order valence-corrected chi connectivity index (χ0v) is 16.5. The average molecular weight is 394 g/mol. The first-order valence-electron chi connectivity index (χ1n) is 9.49. The Kier molecular flexibility index (Phi) is 6.16. The van der Waals surface area contributed by atoms with Gasteiger partial charge in [-0.25, -0.2) is 8.42 Å². The molecule has 3 rings (SSSR count). The summed E-state index contributed by atoms with van der Waals surface area (Å²) >= 11 is 0. The highest BCUT2D eigenvalue weighted by molar-refractivity contribution is 7.89. The molecule has 0 atom stereocenters. The Morgan fingerprint density at radius 2 is 1.56 bits per heavy atom. The molecular weight excluding hydrogens is 366 g/mol. The first kappa shape index (κ1) is 19.8. The van der Waals surface area contributed by atoms with Crippen LogP contribution in [0.25, 0.3) is 0 Å². The van der Waals surface area contributed by atoms with Gasteiger partial charge in [0.05, 0.1) is 4.90 Å². The molecule has 1 aromatic rings. The summed E-state index contributed by atoms with van der Waals surface area (Å²) < 4.78 is 26.8. The van der Waals surface area contributed by atoms with Crippen LogP contribution in [-0.2, 0) is 19.6 Å². The Bertz CT molecular complexity index is 765. The second-order valence-electron chi connectivity index (χ2n) is 7.28. The van der Waals surface area contributed by atoms with Crippen molar-refractivity contribution in [2.24, 2.45) is 5.92 Å². The summed E-state index contributed by atoms with van der Waals surface area (Å²) in [6.07, 6.45) is 2.60. The minimum absolute atomic E-state index is 0.00744. The quantitative estimate of drug-likeness (QED) is 0.833. The molecule has 0 aliphatic carbocycles. The zero-order chi connectivity index (χ0) is 19.4. The summed E-state index contributed by atoms with van der Waals surface area (Å²) in [5.41, 5.74) is 0.